The first-order valence-electron chi connectivity index (χ1n) is 5.18. The zero-order chi connectivity index (χ0) is 11.0. The van der Waals surface area contributed by atoms with E-state index in [0.717, 1.165) is 12.8 Å². The number of carboxylic acid groups (broad SMARTS) is 1. The van der Waals surface area contributed by atoms with Crippen molar-refractivity contribution in [3.05, 3.63) is 0 Å². The summed E-state index contributed by atoms with van der Waals surface area (Å²) >= 11 is 0. The second-order valence-corrected chi connectivity index (χ2v) is 4.21. The number of carboxylic acids is 1. The molecule has 0 aromatic rings. The van der Waals surface area contributed by atoms with Gasteiger partial charge in [-0.3, -0.25) is 9.59 Å². The summed E-state index contributed by atoms with van der Waals surface area (Å²) in [5.41, 5.74) is 0. The minimum absolute atomic E-state index is 0.0549. The van der Waals surface area contributed by atoms with Crippen LogP contribution in [0.3, 0.4) is 0 Å². The maximum Gasteiger partial charge on any atom is 0.308 e. The lowest BCUT2D eigenvalue weighted by Gasteiger charge is -2.22. The van der Waals surface area contributed by atoms with Crippen LogP contribution < -0.4 is 0 Å². The molecular weight excluding hydrogens is 198 g/mol. The summed E-state index contributed by atoms with van der Waals surface area (Å²) in [6.45, 7) is 0.0549. The van der Waals surface area contributed by atoms with E-state index in [-0.39, 0.29) is 30.5 Å². The van der Waals surface area contributed by atoms with E-state index in [4.69, 9.17) is 9.84 Å². The summed E-state index contributed by atoms with van der Waals surface area (Å²) in [7, 11) is 1.48. The lowest BCUT2D eigenvalue weighted by Crippen LogP contribution is -2.39. The SMILES string of the molecule is COCC(=O)N1C2CCC1C(C(=O)O)C2. The van der Waals surface area contributed by atoms with Crippen LogP contribution in [0.4, 0.5) is 0 Å². The van der Waals surface area contributed by atoms with E-state index in [1.165, 1.54) is 7.11 Å². The number of carbonyl (C=O) groups is 2. The van der Waals surface area contributed by atoms with Crippen LogP contribution in [0.15, 0.2) is 0 Å². The standard InChI is InChI=1S/C10H15NO4/c1-15-5-9(12)11-6-2-3-8(11)7(4-6)10(13)14/h6-8H,2-5H2,1H3,(H,13,14). The van der Waals surface area contributed by atoms with Gasteiger partial charge in [0.25, 0.3) is 0 Å². The van der Waals surface area contributed by atoms with Gasteiger partial charge < -0.3 is 14.7 Å². The van der Waals surface area contributed by atoms with Crippen molar-refractivity contribution in [3.63, 3.8) is 0 Å². The van der Waals surface area contributed by atoms with Gasteiger partial charge in [0.15, 0.2) is 0 Å². The van der Waals surface area contributed by atoms with Gasteiger partial charge in [-0.05, 0) is 19.3 Å². The molecule has 2 saturated heterocycles. The molecule has 0 radical (unpaired) electrons. The summed E-state index contributed by atoms with van der Waals surface area (Å²) in [6.07, 6.45) is 2.36. The van der Waals surface area contributed by atoms with Crippen molar-refractivity contribution in [2.75, 3.05) is 13.7 Å². The van der Waals surface area contributed by atoms with Crippen LogP contribution in [0.1, 0.15) is 19.3 Å². The topological polar surface area (TPSA) is 66.8 Å². The van der Waals surface area contributed by atoms with Gasteiger partial charge in [-0.15, -0.1) is 0 Å². The number of amides is 1. The average molecular weight is 213 g/mol. The summed E-state index contributed by atoms with van der Waals surface area (Å²) in [6, 6.07) is 0.0221. The third-order valence-electron chi connectivity index (χ3n) is 3.41. The highest BCUT2D eigenvalue weighted by atomic mass is 16.5. The highest BCUT2D eigenvalue weighted by Crippen LogP contribution is 2.41. The first kappa shape index (κ1) is 10.4. The molecule has 1 N–H and O–H groups in total. The molecule has 3 atom stereocenters. The van der Waals surface area contributed by atoms with Crippen molar-refractivity contribution < 1.29 is 19.4 Å². The first-order chi connectivity index (χ1) is 7.15. The second-order valence-electron chi connectivity index (χ2n) is 4.21. The van der Waals surface area contributed by atoms with E-state index in [0.29, 0.717) is 6.42 Å². The zero-order valence-corrected chi connectivity index (χ0v) is 8.68. The number of nitrogens with zero attached hydrogens (tertiary/aromatic N) is 1. The van der Waals surface area contributed by atoms with Gasteiger partial charge in [-0.2, -0.15) is 0 Å². The number of fused-ring (bicyclic) bond motifs is 2. The van der Waals surface area contributed by atoms with Crippen LogP contribution >= 0.6 is 0 Å². The number of ether oxygens (including phenoxy) is 1. The fourth-order valence-corrected chi connectivity index (χ4v) is 2.84. The number of hydrogen-bond donors (Lipinski definition) is 1. The Bertz CT molecular complexity index is 291. The largest absolute Gasteiger partial charge is 0.481 e. The Morgan fingerprint density at radius 2 is 2.20 bits per heavy atom. The van der Waals surface area contributed by atoms with E-state index < -0.39 is 5.97 Å². The van der Waals surface area contributed by atoms with E-state index in [9.17, 15) is 9.59 Å². The van der Waals surface area contributed by atoms with E-state index >= 15 is 0 Å². The number of aliphatic carboxylic acids is 1. The molecule has 0 aromatic heterocycles. The molecule has 1 amide bonds. The average Bonchev–Trinajstić information content (AvgIpc) is 2.74. The van der Waals surface area contributed by atoms with Crippen LogP contribution in [0.2, 0.25) is 0 Å². The maximum atomic E-state index is 11.7. The number of carbonyl (C=O) groups excluding carboxylic acids is 1. The van der Waals surface area contributed by atoms with Crippen LogP contribution in [-0.2, 0) is 14.3 Å². The smallest absolute Gasteiger partial charge is 0.308 e. The third kappa shape index (κ3) is 1.61. The molecule has 0 spiro atoms. The number of hydrogen-bond acceptors (Lipinski definition) is 3. The fraction of sp³-hybridized carbons (Fsp3) is 0.800. The molecule has 3 unspecified atom stereocenters. The fourth-order valence-electron chi connectivity index (χ4n) is 2.84. The predicted octanol–water partition coefficient (Wildman–Crippen LogP) is 0.0969. The highest BCUT2D eigenvalue weighted by Gasteiger charge is 2.50. The molecule has 5 nitrogen and oxygen atoms in total. The van der Waals surface area contributed by atoms with Crippen molar-refractivity contribution >= 4 is 11.9 Å². The molecule has 2 heterocycles. The van der Waals surface area contributed by atoms with Gasteiger partial charge in [-0.25, -0.2) is 0 Å². The zero-order valence-electron chi connectivity index (χ0n) is 8.68. The molecule has 84 valence electrons. The van der Waals surface area contributed by atoms with Crippen molar-refractivity contribution in [2.45, 2.75) is 31.3 Å². The molecule has 15 heavy (non-hydrogen) atoms. The molecule has 2 bridgehead atoms. The Morgan fingerprint density at radius 1 is 1.47 bits per heavy atom. The quantitative estimate of drug-likeness (QED) is 0.722. The highest BCUT2D eigenvalue weighted by molar-refractivity contribution is 5.81. The lowest BCUT2D eigenvalue weighted by atomic mass is 9.89. The first-order valence-corrected chi connectivity index (χ1v) is 5.18. The van der Waals surface area contributed by atoms with Crippen molar-refractivity contribution in [1.82, 2.24) is 4.90 Å². The molecule has 0 aliphatic carbocycles. The van der Waals surface area contributed by atoms with Crippen LogP contribution in [0, 0.1) is 5.92 Å². The van der Waals surface area contributed by atoms with Gasteiger partial charge in [0.2, 0.25) is 5.91 Å². The molecule has 2 aliphatic heterocycles. The summed E-state index contributed by atoms with van der Waals surface area (Å²) in [4.78, 5) is 24.4. The summed E-state index contributed by atoms with van der Waals surface area (Å²) in [5, 5.41) is 9.00. The normalized spacial score (nSPS) is 33.4. The number of methoxy groups -OCH3 is 1. The maximum absolute atomic E-state index is 11.7. The van der Waals surface area contributed by atoms with Crippen molar-refractivity contribution in [2.24, 2.45) is 5.92 Å². The molecule has 5 heteroatoms. The van der Waals surface area contributed by atoms with E-state index in [2.05, 4.69) is 0 Å². The molecule has 0 aromatic carbocycles. The van der Waals surface area contributed by atoms with Crippen LogP contribution in [0.5, 0.6) is 0 Å². The Morgan fingerprint density at radius 3 is 2.73 bits per heavy atom. The minimum Gasteiger partial charge on any atom is -0.481 e. The summed E-state index contributed by atoms with van der Waals surface area (Å²) in [5.74, 6) is -1.23. The van der Waals surface area contributed by atoms with Gasteiger partial charge in [0.1, 0.15) is 6.61 Å². The Balaban J connectivity index is 2.09. The molecule has 0 saturated carbocycles. The lowest BCUT2D eigenvalue weighted by molar-refractivity contribution is -0.143. The monoisotopic (exact) mass is 213 g/mol. The molecule has 2 aliphatic rings. The molecule has 2 fully saturated rings. The Labute approximate surface area is 88.0 Å². The van der Waals surface area contributed by atoms with Gasteiger partial charge in [-0.1, -0.05) is 0 Å². The van der Waals surface area contributed by atoms with Crippen LogP contribution in [-0.4, -0.2) is 47.7 Å². The Kier molecular flexibility index (Phi) is 2.65. The predicted molar refractivity (Wildman–Crippen MR) is 51.3 cm³/mol. The second kappa shape index (κ2) is 3.81. The van der Waals surface area contributed by atoms with Crippen LogP contribution in [0.25, 0.3) is 0 Å². The molecular formula is C10H15NO4. The van der Waals surface area contributed by atoms with Gasteiger partial charge in [0, 0.05) is 19.2 Å². The minimum atomic E-state index is -0.780. The van der Waals surface area contributed by atoms with Gasteiger partial charge >= 0.3 is 5.97 Å². The van der Waals surface area contributed by atoms with Crippen molar-refractivity contribution in [1.29, 1.82) is 0 Å². The van der Waals surface area contributed by atoms with Crippen molar-refractivity contribution in [3.8, 4) is 0 Å². The number of rotatable bonds is 3. The van der Waals surface area contributed by atoms with Gasteiger partial charge in [0.05, 0.1) is 5.92 Å². The summed E-state index contributed by atoms with van der Waals surface area (Å²) < 4.78 is 4.80. The van der Waals surface area contributed by atoms with E-state index in [1.54, 1.807) is 4.90 Å². The van der Waals surface area contributed by atoms with E-state index in [1.807, 2.05) is 0 Å². The Hall–Kier alpha value is -1.10. The molecule has 2 rings (SSSR count). The third-order valence-corrected chi connectivity index (χ3v) is 3.41.